The molecule has 3 rings (SSSR count). The first kappa shape index (κ1) is 20.6. The van der Waals surface area contributed by atoms with Crippen LogP contribution in [-0.4, -0.2) is 23.8 Å². The Balaban J connectivity index is 1.72. The molecule has 0 aliphatic rings. The van der Waals surface area contributed by atoms with Crippen molar-refractivity contribution in [2.45, 2.75) is 19.4 Å². The molecular weight excluding hydrogens is 396 g/mol. The molecular formula is C21H19F2N3O2S. The molecule has 0 saturated heterocycles. The maximum atomic E-state index is 13.6. The number of likely N-dealkylation sites (N-methyl/N-ethyl adjacent to an activating group) is 1. The quantitative estimate of drug-likeness (QED) is 0.647. The summed E-state index contributed by atoms with van der Waals surface area (Å²) >= 11 is 1.42. The Bertz CT molecular complexity index is 1030. The molecule has 0 bridgehead atoms. The molecule has 2 aromatic carbocycles. The predicted molar refractivity (Wildman–Crippen MR) is 107 cm³/mol. The first-order chi connectivity index (χ1) is 13.9. The zero-order valence-corrected chi connectivity index (χ0v) is 16.6. The first-order valence-electron chi connectivity index (χ1n) is 8.84. The molecule has 8 heteroatoms. The third-order valence-corrected chi connectivity index (χ3v) is 5.22. The van der Waals surface area contributed by atoms with E-state index in [-0.39, 0.29) is 12.0 Å². The van der Waals surface area contributed by atoms with Gasteiger partial charge in [-0.05, 0) is 24.6 Å². The van der Waals surface area contributed by atoms with Gasteiger partial charge in [-0.2, -0.15) is 0 Å². The highest BCUT2D eigenvalue weighted by Gasteiger charge is 2.23. The van der Waals surface area contributed by atoms with Gasteiger partial charge < -0.3 is 10.6 Å². The summed E-state index contributed by atoms with van der Waals surface area (Å²) in [7, 11) is 1.40. The summed E-state index contributed by atoms with van der Waals surface area (Å²) in [4.78, 5) is 29.1. The molecule has 29 heavy (non-hydrogen) atoms. The topological polar surface area (TPSA) is 71.1 Å². The van der Waals surface area contributed by atoms with Crippen LogP contribution >= 0.6 is 11.3 Å². The molecule has 1 unspecified atom stereocenters. The van der Waals surface area contributed by atoms with Crippen LogP contribution in [0.15, 0.2) is 47.8 Å². The number of carbonyl (C=O) groups is 2. The van der Waals surface area contributed by atoms with Crippen LogP contribution < -0.4 is 10.6 Å². The van der Waals surface area contributed by atoms with Gasteiger partial charge in [-0.1, -0.05) is 35.9 Å². The fraction of sp³-hybridized carbons (Fsp3) is 0.190. The maximum Gasteiger partial charge on any atom is 0.246 e. The summed E-state index contributed by atoms with van der Waals surface area (Å²) in [5.41, 5.74) is 2.80. The lowest BCUT2D eigenvalue weighted by Gasteiger charge is -2.17. The molecule has 0 fully saturated rings. The number of nitrogens with zero attached hydrogens (tertiary/aromatic N) is 1. The van der Waals surface area contributed by atoms with Gasteiger partial charge in [0.05, 0.1) is 12.1 Å². The van der Waals surface area contributed by atoms with E-state index in [2.05, 4.69) is 15.6 Å². The second kappa shape index (κ2) is 8.91. The van der Waals surface area contributed by atoms with Gasteiger partial charge in [-0.3, -0.25) is 9.59 Å². The third kappa shape index (κ3) is 5.03. The molecule has 0 radical (unpaired) electrons. The van der Waals surface area contributed by atoms with Crippen LogP contribution in [0.3, 0.4) is 0 Å². The molecule has 2 amide bonds. The number of thiazole rings is 1. The number of halogens is 2. The second-order valence-corrected chi connectivity index (χ2v) is 7.33. The van der Waals surface area contributed by atoms with E-state index in [1.807, 2.05) is 31.2 Å². The summed E-state index contributed by atoms with van der Waals surface area (Å²) in [6.45, 7) is 2.00. The number of hydrogen-bond donors (Lipinski definition) is 2. The number of nitrogens with one attached hydrogen (secondary N) is 2. The molecule has 5 nitrogen and oxygen atoms in total. The number of aromatic nitrogens is 1. The van der Waals surface area contributed by atoms with Gasteiger partial charge >= 0.3 is 0 Å². The van der Waals surface area contributed by atoms with Gasteiger partial charge in [-0.15, -0.1) is 11.3 Å². The van der Waals surface area contributed by atoms with Gasteiger partial charge in [0.25, 0.3) is 0 Å². The van der Waals surface area contributed by atoms with Crippen molar-refractivity contribution < 1.29 is 18.4 Å². The van der Waals surface area contributed by atoms with Gasteiger partial charge in [0.1, 0.15) is 11.0 Å². The number of rotatable bonds is 6. The standard InChI is InChI=1S/C21H19F2N3O2S/c1-12-3-5-13(6-4-12)21-25-15(11-29-21)10-18(27)26-19(20(28)24-2)14-7-8-16(22)17(23)9-14/h3-9,11,19H,10H2,1-2H3,(H,24,28)(H,26,27). The molecule has 150 valence electrons. The highest BCUT2D eigenvalue weighted by molar-refractivity contribution is 7.13. The Morgan fingerprint density at radius 3 is 2.48 bits per heavy atom. The van der Waals surface area contributed by atoms with Crippen LogP contribution in [0.1, 0.15) is 22.9 Å². The lowest BCUT2D eigenvalue weighted by Crippen LogP contribution is -2.39. The smallest absolute Gasteiger partial charge is 0.246 e. The Morgan fingerprint density at radius 1 is 1.10 bits per heavy atom. The van der Waals surface area contributed by atoms with Crippen LogP contribution in [0, 0.1) is 18.6 Å². The van der Waals surface area contributed by atoms with Gasteiger partial charge in [0.2, 0.25) is 11.8 Å². The van der Waals surface area contributed by atoms with Crippen molar-refractivity contribution in [1.29, 1.82) is 0 Å². The van der Waals surface area contributed by atoms with Crippen molar-refractivity contribution >= 4 is 23.2 Å². The van der Waals surface area contributed by atoms with Crippen LogP contribution in [-0.2, 0) is 16.0 Å². The number of carbonyl (C=O) groups excluding carboxylic acids is 2. The van der Waals surface area contributed by atoms with E-state index in [4.69, 9.17) is 0 Å². The number of aryl methyl sites for hydroxylation is 1. The van der Waals surface area contributed by atoms with E-state index < -0.39 is 29.5 Å². The molecule has 3 aromatic rings. The van der Waals surface area contributed by atoms with Gasteiger partial charge in [-0.25, -0.2) is 13.8 Å². The van der Waals surface area contributed by atoms with Crippen molar-refractivity contribution in [3.8, 4) is 10.6 Å². The van der Waals surface area contributed by atoms with E-state index in [0.29, 0.717) is 5.69 Å². The van der Waals surface area contributed by atoms with Crippen molar-refractivity contribution in [1.82, 2.24) is 15.6 Å². The Kier molecular flexibility index (Phi) is 6.33. The monoisotopic (exact) mass is 415 g/mol. The van der Waals surface area contributed by atoms with Gasteiger partial charge in [0, 0.05) is 18.0 Å². The molecule has 0 aliphatic heterocycles. The normalized spacial score (nSPS) is 11.7. The minimum Gasteiger partial charge on any atom is -0.357 e. The lowest BCUT2D eigenvalue weighted by atomic mass is 10.1. The van der Waals surface area contributed by atoms with Crippen molar-refractivity contribution in [2.75, 3.05) is 7.05 Å². The average molecular weight is 415 g/mol. The number of benzene rings is 2. The molecule has 0 saturated carbocycles. The molecule has 1 aromatic heterocycles. The highest BCUT2D eigenvalue weighted by atomic mass is 32.1. The van der Waals surface area contributed by atoms with E-state index in [0.717, 1.165) is 28.3 Å². The predicted octanol–water partition coefficient (Wildman–Crippen LogP) is 3.54. The Morgan fingerprint density at radius 2 is 1.83 bits per heavy atom. The van der Waals surface area contributed by atoms with E-state index in [1.54, 1.807) is 5.38 Å². The van der Waals surface area contributed by atoms with Crippen LogP contribution in [0.4, 0.5) is 8.78 Å². The minimum atomic E-state index is -1.14. The fourth-order valence-electron chi connectivity index (χ4n) is 2.73. The molecule has 2 N–H and O–H groups in total. The maximum absolute atomic E-state index is 13.6. The second-order valence-electron chi connectivity index (χ2n) is 6.48. The summed E-state index contributed by atoms with van der Waals surface area (Å²) in [5.74, 6) is -3.11. The average Bonchev–Trinajstić information content (AvgIpc) is 3.16. The lowest BCUT2D eigenvalue weighted by molar-refractivity contribution is -0.128. The third-order valence-electron chi connectivity index (χ3n) is 4.28. The largest absolute Gasteiger partial charge is 0.357 e. The van der Waals surface area contributed by atoms with Crippen LogP contribution in [0.25, 0.3) is 10.6 Å². The fourth-order valence-corrected chi connectivity index (χ4v) is 3.56. The Labute approximate surface area is 170 Å². The highest BCUT2D eigenvalue weighted by Crippen LogP contribution is 2.24. The van der Waals surface area contributed by atoms with E-state index in [9.17, 15) is 18.4 Å². The number of hydrogen-bond acceptors (Lipinski definition) is 4. The minimum absolute atomic E-state index is 0.0421. The van der Waals surface area contributed by atoms with Crippen molar-refractivity contribution in [2.24, 2.45) is 0 Å². The summed E-state index contributed by atoms with van der Waals surface area (Å²) < 4.78 is 26.7. The van der Waals surface area contributed by atoms with Crippen molar-refractivity contribution in [3.63, 3.8) is 0 Å². The van der Waals surface area contributed by atoms with Crippen LogP contribution in [0.2, 0.25) is 0 Å². The summed E-state index contributed by atoms with van der Waals surface area (Å²) in [5, 5.41) is 7.54. The Hall–Kier alpha value is -3.13. The van der Waals surface area contributed by atoms with E-state index >= 15 is 0 Å². The summed E-state index contributed by atoms with van der Waals surface area (Å²) in [6.07, 6.45) is -0.0421. The van der Waals surface area contributed by atoms with Crippen molar-refractivity contribution in [3.05, 3.63) is 76.3 Å². The SMILES string of the molecule is CNC(=O)C(NC(=O)Cc1csc(-c2ccc(C)cc2)n1)c1ccc(F)c(F)c1. The molecule has 1 atom stereocenters. The first-order valence-corrected chi connectivity index (χ1v) is 9.72. The number of amides is 2. The zero-order chi connectivity index (χ0) is 21.0. The van der Waals surface area contributed by atoms with Gasteiger partial charge in [0.15, 0.2) is 11.6 Å². The van der Waals surface area contributed by atoms with Crippen LogP contribution in [0.5, 0.6) is 0 Å². The van der Waals surface area contributed by atoms with E-state index in [1.165, 1.54) is 24.5 Å². The molecule has 1 heterocycles. The molecule has 0 aliphatic carbocycles. The summed E-state index contributed by atoms with van der Waals surface area (Å²) in [6, 6.07) is 9.83. The zero-order valence-electron chi connectivity index (χ0n) is 15.8. The molecule has 0 spiro atoms.